The summed E-state index contributed by atoms with van der Waals surface area (Å²) in [4.78, 5) is 24.5. The van der Waals surface area contributed by atoms with E-state index in [0.29, 0.717) is 28.4 Å². The van der Waals surface area contributed by atoms with Crippen LogP contribution in [-0.2, 0) is 24.2 Å². The molecule has 1 aliphatic heterocycles. The number of halogens is 1. The monoisotopic (exact) mass is 384 g/mol. The summed E-state index contributed by atoms with van der Waals surface area (Å²) in [6, 6.07) is 12.7. The summed E-state index contributed by atoms with van der Waals surface area (Å²) < 4.78 is 8.65. The molecule has 2 heterocycles. The average Bonchev–Trinajstić information content (AvgIpc) is 2.91. The minimum absolute atomic E-state index is 0.261. The van der Waals surface area contributed by atoms with Gasteiger partial charge in [0.15, 0.2) is 0 Å². The van der Waals surface area contributed by atoms with E-state index in [2.05, 4.69) is 0 Å². The standard InChI is InChI=1S/C20H17ClN2O4/c1-2-12-3-6-15(7-4-12)23-19(26)16-10-13-9-14(21)5-8-17(13)27-20(16)22(23)11-18(24)25/h3-9H,2,10-11H2,1H3,(H,24,25). The van der Waals surface area contributed by atoms with Crippen LogP contribution in [0, 0.1) is 0 Å². The Hall–Kier alpha value is -2.99. The van der Waals surface area contributed by atoms with Gasteiger partial charge in [0.25, 0.3) is 5.56 Å². The molecule has 0 amide bonds. The van der Waals surface area contributed by atoms with E-state index in [4.69, 9.17) is 16.3 Å². The van der Waals surface area contributed by atoms with Gasteiger partial charge in [0.05, 0.1) is 11.3 Å². The Kier molecular flexibility index (Phi) is 4.28. The lowest BCUT2D eigenvalue weighted by molar-refractivity contribution is -0.138. The Labute approximate surface area is 160 Å². The van der Waals surface area contributed by atoms with Crippen LogP contribution in [0.2, 0.25) is 5.02 Å². The third kappa shape index (κ3) is 3.02. The van der Waals surface area contributed by atoms with Gasteiger partial charge in [-0.2, -0.15) is 0 Å². The highest BCUT2D eigenvalue weighted by molar-refractivity contribution is 6.30. The van der Waals surface area contributed by atoms with Crippen molar-refractivity contribution in [1.29, 1.82) is 0 Å². The Bertz CT molecular complexity index is 1100. The van der Waals surface area contributed by atoms with Gasteiger partial charge in [-0.25, -0.2) is 9.36 Å². The molecule has 27 heavy (non-hydrogen) atoms. The molecule has 138 valence electrons. The molecule has 2 aromatic carbocycles. The maximum absolute atomic E-state index is 13.1. The fourth-order valence-electron chi connectivity index (χ4n) is 3.32. The van der Waals surface area contributed by atoms with Crippen LogP contribution in [0.3, 0.4) is 0 Å². The molecule has 7 heteroatoms. The molecule has 0 saturated carbocycles. The molecule has 4 rings (SSSR count). The highest BCUT2D eigenvalue weighted by Crippen LogP contribution is 2.37. The van der Waals surface area contributed by atoms with Gasteiger partial charge >= 0.3 is 5.97 Å². The molecule has 0 spiro atoms. The second-order valence-corrected chi connectivity index (χ2v) is 6.84. The number of carboxylic acids is 1. The number of aromatic nitrogens is 2. The maximum Gasteiger partial charge on any atom is 0.325 e. The molecular formula is C20H17ClN2O4. The van der Waals surface area contributed by atoms with Crippen LogP contribution in [0.1, 0.15) is 23.6 Å². The molecule has 0 aliphatic carbocycles. The zero-order valence-corrected chi connectivity index (χ0v) is 15.4. The van der Waals surface area contributed by atoms with Crippen LogP contribution in [-0.4, -0.2) is 20.4 Å². The lowest BCUT2D eigenvalue weighted by Crippen LogP contribution is -2.24. The Morgan fingerprint density at radius 1 is 1.22 bits per heavy atom. The minimum atomic E-state index is -1.06. The molecule has 0 unspecified atom stereocenters. The molecule has 0 atom stereocenters. The van der Waals surface area contributed by atoms with Crippen molar-refractivity contribution in [1.82, 2.24) is 9.36 Å². The third-order valence-corrected chi connectivity index (χ3v) is 4.89. The number of nitrogens with zero attached hydrogens (tertiary/aromatic N) is 2. The first-order valence-corrected chi connectivity index (χ1v) is 8.97. The number of aryl methyl sites for hydroxylation is 1. The summed E-state index contributed by atoms with van der Waals surface area (Å²) in [6.07, 6.45) is 1.21. The van der Waals surface area contributed by atoms with E-state index in [1.807, 2.05) is 31.2 Å². The number of ether oxygens (including phenoxy) is 1. The fourth-order valence-corrected chi connectivity index (χ4v) is 3.52. The Balaban J connectivity index is 1.90. The third-order valence-electron chi connectivity index (χ3n) is 4.66. The molecule has 0 fully saturated rings. The predicted molar refractivity (Wildman–Crippen MR) is 101 cm³/mol. The lowest BCUT2D eigenvalue weighted by atomic mass is 10.0. The zero-order valence-electron chi connectivity index (χ0n) is 14.6. The normalized spacial score (nSPS) is 12.2. The summed E-state index contributed by atoms with van der Waals surface area (Å²) in [5.41, 5.74) is 2.66. The minimum Gasteiger partial charge on any atom is -0.480 e. The number of carboxylic acid groups (broad SMARTS) is 1. The first-order chi connectivity index (χ1) is 13.0. The molecule has 0 bridgehead atoms. The van der Waals surface area contributed by atoms with Crippen LogP contribution in [0.5, 0.6) is 11.6 Å². The van der Waals surface area contributed by atoms with E-state index in [-0.39, 0.29) is 18.0 Å². The van der Waals surface area contributed by atoms with Gasteiger partial charge in [-0.05, 0) is 42.3 Å². The van der Waals surface area contributed by atoms with Crippen molar-refractivity contribution in [2.75, 3.05) is 0 Å². The number of hydrogen-bond acceptors (Lipinski definition) is 3. The maximum atomic E-state index is 13.1. The van der Waals surface area contributed by atoms with Crippen LogP contribution in [0.15, 0.2) is 47.3 Å². The highest BCUT2D eigenvalue weighted by atomic mass is 35.5. The van der Waals surface area contributed by atoms with Gasteiger partial charge in [0.2, 0.25) is 5.88 Å². The fraction of sp³-hybridized carbons (Fsp3) is 0.200. The van der Waals surface area contributed by atoms with E-state index in [0.717, 1.165) is 17.5 Å². The highest BCUT2D eigenvalue weighted by Gasteiger charge is 2.29. The van der Waals surface area contributed by atoms with E-state index in [1.165, 1.54) is 9.36 Å². The molecule has 6 nitrogen and oxygen atoms in total. The number of benzene rings is 2. The quantitative estimate of drug-likeness (QED) is 0.583. The molecule has 1 N–H and O–H groups in total. The molecule has 0 radical (unpaired) electrons. The molecular weight excluding hydrogens is 368 g/mol. The van der Waals surface area contributed by atoms with Gasteiger partial charge in [-0.15, -0.1) is 0 Å². The average molecular weight is 385 g/mol. The van der Waals surface area contributed by atoms with Crippen molar-refractivity contribution in [2.24, 2.45) is 0 Å². The molecule has 1 aliphatic rings. The molecule has 1 aromatic heterocycles. The number of hydrogen-bond donors (Lipinski definition) is 1. The number of rotatable bonds is 4. The van der Waals surface area contributed by atoms with Crippen molar-refractivity contribution in [3.63, 3.8) is 0 Å². The van der Waals surface area contributed by atoms with E-state index >= 15 is 0 Å². The number of aliphatic carboxylic acids is 1. The zero-order chi connectivity index (χ0) is 19.1. The van der Waals surface area contributed by atoms with Gasteiger partial charge in [0.1, 0.15) is 12.3 Å². The SMILES string of the molecule is CCc1ccc(-n2c(=O)c3c(n2CC(=O)O)Oc2ccc(Cl)cc2C3)cc1. The van der Waals surface area contributed by atoms with Gasteiger partial charge in [-0.3, -0.25) is 9.59 Å². The van der Waals surface area contributed by atoms with Crippen LogP contribution in [0.4, 0.5) is 0 Å². The first-order valence-electron chi connectivity index (χ1n) is 8.60. The smallest absolute Gasteiger partial charge is 0.325 e. The van der Waals surface area contributed by atoms with Crippen LogP contribution < -0.4 is 10.3 Å². The molecule has 0 saturated heterocycles. The summed E-state index contributed by atoms with van der Waals surface area (Å²) >= 11 is 6.05. The van der Waals surface area contributed by atoms with Gasteiger partial charge < -0.3 is 9.84 Å². The second-order valence-electron chi connectivity index (χ2n) is 6.40. The lowest BCUT2D eigenvalue weighted by Gasteiger charge is -2.19. The van der Waals surface area contributed by atoms with Crippen molar-refractivity contribution >= 4 is 17.6 Å². The molecule has 3 aromatic rings. The number of carbonyl (C=O) groups is 1. The van der Waals surface area contributed by atoms with E-state index in [1.54, 1.807) is 18.2 Å². The second kappa shape index (κ2) is 6.63. The largest absolute Gasteiger partial charge is 0.480 e. The van der Waals surface area contributed by atoms with E-state index in [9.17, 15) is 14.7 Å². The van der Waals surface area contributed by atoms with Crippen molar-refractivity contribution in [3.05, 3.63) is 74.5 Å². The first kappa shape index (κ1) is 17.4. The van der Waals surface area contributed by atoms with Crippen molar-refractivity contribution in [3.8, 4) is 17.3 Å². The van der Waals surface area contributed by atoms with Crippen LogP contribution in [0.25, 0.3) is 5.69 Å². The van der Waals surface area contributed by atoms with Crippen LogP contribution >= 0.6 is 11.6 Å². The Morgan fingerprint density at radius 3 is 2.63 bits per heavy atom. The summed E-state index contributed by atoms with van der Waals surface area (Å²) in [5, 5.41) is 9.91. The van der Waals surface area contributed by atoms with Crippen molar-refractivity contribution < 1.29 is 14.6 Å². The number of fused-ring (bicyclic) bond motifs is 2. The summed E-state index contributed by atoms with van der Waals surface area (Å²) in [5.74, 6) is -0.224. The van der Waals surface area contributed by atoms with Gasteiger partial charge in [0, 0.05) is 17.0 Å². The van der Waals surface area contributed by atoms with Crippen molar-refractivity contribution in [2.45, 2.75) is 26.3 Å². The summed E-state index contributed by atoms with van der Waals surface area (Å²) in [7, 11) is 0. The van der Waals surface area contributed by atoms with Gasteiger partial charge in [-0.1, -0.05) is 30.7 Å². The Morgan fingerprint density at radius 2 is 1.96 bits per heavy atom. The predicted octanol–water partition coefficient (Wildman–Crippen LogP) is 3.64. The topological polar surface area (TPSA) is 73.5 Å². The van der Waals surface area contributed by atoms with E-state index < -0.39 is 5.97 Å². The summed E-state index contributed by atoms with van der Waals surface area (Å²) in [6.45, 7) is 1.66.